The topological polar surface area (TPSA) is 103 Å². The van der Waals surface area contributed by atoms with Crippen LogP contribution in [-0.2, 0) is 11.8 Å². The maximum Gasteiger partial charge on any atom is 0.407 e. The molecule has 0 saturated carbocycles. The van der Waals surface area contributed by atoms with Gasteiger partial charge in [0.25, 0.3) is 0 Å². The van der Waals surface area contributed by atoms with Gasteiger partial charge in [0, 0.05) is 46.6 Å². The van der Waals surface area contributed by atoms with Crippen LogP contribution in [0.4, 0.5) is 16.4 Å². The molecule has 36 heavy (non-hydrogen) atoms. The predicted molar refractivity (Wildman–Crippen MR) is 143 cm³/mol. The van der Waals surface area contributed by atoms with Gasteiger partial charge in [-0.2, -0.15) is 5.10 Å². The summed E-state index contributed by atoms with van der Waals surface area (Å²) >= 11 is 3.47. The van der Waals surface area contributed by atoms with E-state index in [1.807, 2.05) is 83.4 Å². The molecule has 0 aliphatic heterocycles. The number of carbonyl (C=O) groups is 1. The quantitative estimate of drug-likeness (QED) is 0.297. The van der Waals surface area contributed by atoms with Gasteiger partial charge in [-0.25, -0.2) is 14.8 Å². The number of nitrogens with zero attached hydrogens (tertiary/aromatic N) is 4. The normalized spacial score (nSPS) is 12.3. The van der Waals surface area contributed by atoms with Gasteiger partial charge in [0.2, 0.25) is 5.95 Å². The van der Waals surface area contributed by atoms with Crippen molar-refractivity contribution in [1.29, 1.82) is 0 Å². The number of aryl methyl sites for hydroxylation is 1. The average Bonchev–Trinajstić information content (AvgIpc) is 3.23. The lowest BCUT2D eigenvalue weighted by molar-refractivity contribution is 0.0494. The summed E-state index contributed by atoms with van der Waals surface area (Å²) in [5, 5.41) is 11.5. The van der Waals surface area contributed by atoms with Crippen LogP contribution in [0.15, 0.2) is 59.3 Å². The molecule has 0 unspecified atom stereocenters. The smallest absolute Gasteiger partial charge is 0.407 e. The molecule has 2 heterocycles. The SMILES string of the molecule is C[C@@H](COc1cc(Nc2ncc3cc(Br)ccc3n2)cc(-c2ccn(C)n2)c1)NC(=O)OC(C)(C)C. The van der Waals surface area contributed by atoms with E-state index in [1.54, 1.807) is 10.9 Å². The van der Waals surface area contributed by atoms with E-state index in [0.29, 0.717) is 11.7 Å². The van der Waals surface area contributed by atoms with E-state index < -0.39 is 11.7 Å². The fourth-order valence-corrected chi connectivity index (χ4v) is 3.82. The third kappa shape index (κ3) is 6.94. The number of rotatable bonds is 7. The van der Waals surface area contributed by atoms with Crippen molar-refractivity contribution >= 4 is 44.6 Å². The summed E-state index contributed by atoms with van der Waals surface area (Å²) in [6.45, 7) is 7.58. The van der Waals surface area contributed by atoms with Crippen molar-refractivity contribution in [3.8, 4) is 17.0 Å². The summed E-state index contributed by atoms with van der Waals surface area (Å²) in [6.07, 6.45) is 3.18. The number of ether oxygens (including phenoxy) is 2. The highest BCUT2D eigenvalue weighted by molar-refractivity contribution is 9.10. The first kappa shape index (κ1) is 25.4. The molecule has 10 heteroatoms. The predicted octanol–water partition coefficient (Wildman–Crippen LogP) is 5.83. The average molecular weight is 553 g/mol. The highest BCUT2D eigenvalue weighted by Gasteiger charge is 2.18. The maximum atomic E-state index is 12.1. The number of amides is 1. The summed E-state index contributed by atoms with van der Waals surface area (Å²) < 4.78 is 14.1. The van der Waals surface area contributed by atoms with Gasteiger partial charge < -0.3 is 20.1 Å². The zero-order valence-electron chi connectivity index (χ0n) is 20.9. The molecule has 4 aromatic rings. The van der Waals surface area contributed by atoms with Crippen LogP contribution in [-0.4, -0.2) is 44.1 Å². The van der Waals surface area contributed by atoms with Gasteiger partial charge in [0.05, 0.1) is 17.3 Å². The van der Waals surface area contributed by atoms with Crippen LogP contribution in [0.1, 0.15) is 27.7 Å². The molecule has 1 amide bonds. The van der Waals surface area contributed by atoms with Crippen LogP contribution in [0, 0.1) is 0 Å². The Balaban J connectivity index is 1.54. The van der Waals surface area contributed by atoms with Crippen molar-refractivity contribution in [2.24, 2.45) is 7.05 Å². The first-order valence-electron chi connectivity index (χ1n) is 11.5. The summed E-state index contributed by atoms with van der Waals surface area (Å²) in [5.74, 6) is 1.08. The summed E-state index contributed by atoms with van der Waals surface area (Å²) in [7, 11) is 1.87. The molecule has 2 aromatic carbocycles. The molecular weight excluding hydrogens is 524 g/mol. The second kappa shape index (κ2) is 10.5. The summed E-state index contributed by atoms with van der Waals surface area (Å²) in [6, 6.07) is 13.3. The van der Waals surface area contributed by atoms with Crippen LogP contribution in [0.25, 0.3) is 22.2 Å². The van der Waals surface area contributed by atoms with Crippen LogP contribution in [0.5, 0.6) is 5.75 Å². The Bertz CT molecular complexity index is 1380. The molecule has 188 valence electrons. The van der Waals surface area contributed by atoms with Gasteiger partial charge in [-0.3, -0.25) is 4.68 Å². The van der Waals surface area contributed by atoms with Crippen LogP contribution >= 0.6 is 15.9 Å². The Morgan fingerprint density at radius 2 is 1.97 bits per heavy atom. The molecule has 0 saturated heterocycles. The minimum absolute atomic E-state index is 0.256. The van der Waals surface area contributed by atoms with Gasteiger partial charge in [-0.1, -0.05) is 15.9 Å². The Morgan fingerprint density at radius 1 is 1.17 bits per heavy atom. The van der Waals surface area contributed by atoms with Gasteiger partial charge in [-0.05, 0) is 64.1 Å². The zero-order chi connectivity index (χ0) is 25.9. The Labute approximate surface area is 218 Å². The second-order valence-electron chi connectivity index (χ2n) is 9.50. The fraction of sp³-hybridized carbons (Fsp3) is 0.308. The molecule has 0 fully saturated rings. The van der Waals surface area contributed by atoms with Crippen LogP contribution in [0.3, 0.4) is 0 Å². The zero-order valence-corrected chi connectivity index (χ0v) is 22.5. The van der Waals surface area contributed by atoms with Crippen LogP contribution < -0.4 is 15.4 Å². The largest absolute Gasteiger partial charge is 0.491 e. The standard InChI is InChI=1S/C26H29BrN6O3/c1-16(29-25(34)36-26(2,3)4)15-35-21-12-17(23-8-9-33(5)32-23)11-20(13-21)30-24-28-14-18-10-19(27)6-7-22(18)31-24/h6-14,16H,15H2,1-5H3,(H,29,34)(H,28,30,31)/t16-/m0/s1. The third-order valence-electron chi connectivity index (χ3n) is 4.98. The van der Waals surface area contributed by atoms with E-state index >= 15 is 0 Å². The molecule has 0 aliphatic rings. The van der Waals surface area contributed by atoms with E-state index in [-0.39, 0.29) is 12.6 Å². The Hall–Kier alpha value is -3.66. The summed E-state index contributed by atoms with van der Waals surface area (Å²) in [4.78, 5) is 21.1. The number of carbonyl (C=O) groups excluding carboxylic acids is 1. The highest BCUT2D eigenvalue weighted by atomic mass is 79.9. The first-order valence-corrected chi connectivity index (χ1v) is 12.3. The molecular formula is C26H29BrN6O3. The van der Waals surface area contributed by atoms with Crippen molar-refractivity contribution < 1.29 is 14.3 Å². The van der Waals surface area contributed by atoms with E-state index in [9.17, 15) is 4.79 Å². The molecule has 9 nitrogen and oxygen atoms in total. The molecule has 2 N–H and O–H groups in total. The van der Waals surface area contributed by atoms with Crippen molar-refractivity contribution in [3.63, 3.8) is 0 Å². The van der Waals surface area contributed by atoms with Gasteiger partial charge in [0.15, 0.2) is 0 Å². The number of hydrogen-bond acceptors (Lipinski definition) is 7. The van der Waals surface area contributed by atoms with Gasteiger partial charge in [-0.15, -0.1) is 0 Å². The lowest BCUT2D eigenvalue weighted by Crippen LogP contribution is -2.40. The van der Waals surface area contributed by atoms with Crippen molar-refractivity contribution in [3.05, 3.63) is 59.3 Å². The molecule has 1 atom stereocenters. The molecule has 0 radical (unpaired) electrons. The van der Waals surface area contributed by atoms with E-state index in [0.717, 1.165) is 32.3 Å². The molecule has 4 rings (SSSR count). The lowest BCUT2D eigenvalue weighted by atomic mass is 10.1. The number of fused-ring (bicyclic) bond motifs is 1. The van der Waals surface area contributed by atoms with Crippen LogP contribution in [0.2, 0.25) is 0 Å². The van der Waals surface area contributed by atoms with Gasteiger partial charge in [0.1, 0.15) is 18.0 Å². The van der Waals surface area contributed by atoms with Gasteiger partial charge >= 0.3 is 6.09 Å². The maximum absolute atomic E-state index is 12.1. The number of nitrogens with one attached hydrogen (secondary N) is 2. The molecule has 0 spiro atoms. The monoisotopic (exact) mass is 552 g/mol. The number of benzene rings is 2. The van der Waals surface area contributed by atoms with E-state index in [2.05, 4.69) is 41.6 Å². The number of alkyl carbamates (subject to hydrolysis) is 1. The minimum Gasteiger partial charge on any atom is -0.491 e. The fourth-order valence-electron chi connectivity index (χ4n) is 3.44. The number of aromatic nitrogens is 4. The van der Waals surface area contributed by atoms with E-state index in [1.165, 1.54) is 0 Å². The summed E-state index contributed by atoms with van der Waals surface area (Å²) in [5.41, 5.74) is 2.68. The highest BCUT2D eigenvalue weighted by Crippen LogP contribution is 2.29. The third-order valence-corrected chi connectivity index (χ3v) is 5.47. The Morgan fingerprint density at radius 3 is 2.69 bits per heavy atom. The Kier molecular flexibility index (Phi) is 7.44. The number of halogens is 1. The molecule has 0 bridgehead atoms. The second-order valence-corrected chi connectivity index (χ2v) is 10.4. The van der Waals surface area contributed by atoms with Crippen molar-refractivity contribution in [2.45, 2.75) is 39.3 Å². The first-order chi connectivity index (χ1) is 17.0. The van der Waals surface area contributed by atoms with Crippen molar-refractivity contribution in [2.75, 3.05) is 11.9 Å². The number of hydrogen-bond donors (Lipinski definition) is 2. The molecule has 2 aromatic heterocycles. The molecule has 0 aliphatic carbocycles. The minimum atomic E-state index is -0.566. The van der Waals surface area contributed by atoms with Crippen molar-refractivity contribution in [1.82, 2.24) is 25.1 Å². The lowest BCUT2D eigenvalue weighted by Gasteiger charge is -2.22. The van der Waals surface area contributed by atoms with E-state index in [4.69, 9.17) is 9.47 Å². The number of anilines is 2.